The fraction of sp³-hybridized carbons (Fsp3) is 0.571. The van der Waals surface area contributed by atoms with Crippen LogP contribution in [0.1, 0.15) is 32.7 Å². The van der Waals surface area contributed by atoms with Crippen molar-refractivity contribution in [2.75, 3.05) is 18.0 Å². The van der Waals surface area contributed by atoms with Crippen molar-refractivity contribution in [3.8, 4) is 0 Å². The maximum Gasteiger partial charge on any atom is 0.326 e. The maximum atomic E-state index is 11.7. The molecule has 104 valence electrons. The first-order chi connectivity index (χ1) is 8.99. The standard InChI is InChI=1S/C14H20N2O3/c1-10-5-7-15(8-6-10)12-3-4-13(17)16(9-12)11(2)14(18)19/h3-4,9-11H,5-8H2,1-2H3,(H,18,19). The van der Waals surface area contributed by atoms with Gasteiger partial charge in [-0.15, -0.1) is 0 Å². The van der Waals surface area contributed by atoms with Crippen molar-refractivity contribution in [3.05, 3.63) is 28.7 Å². The third-order valence-corrected chi connectivity index (χ3v) is 3.85. The summed E-state index contributed by atoms with van der Waals surface area (Å²) >= 11 is 0. The van der Waals surface area contributed by atoms with Crippen molar-refractivity contribution >= 4 is 11.7 Å². The van der Waals surface area contributed by atoms with Gasteiger partial charge in [-0.25, -0.2) is 4.79 Å². The minimum absolute atomic E-state index is 0.274. The molecule has 1 aliphatic rings. The van der Waals surface area contributed by atoms with Crippen molar-refractivity contribution < 1.29 is 9.90 Å². The number of carbonyl (C=O) groups is 1. The molecular formula is C14H20N2O3. The summed E-state index contributed by atoms with van der Waals surface area (Å²) in [4.78, 5) is 25.0. The zero-order valence-electron chi connectivity index (χ0n) is 11.4. The Morgan fingerprint density at radius 2 is 2.00 bits per heavy atom. The largest absolute Gasteiger partial charge is 0.480 e. The summed E-state index contributed by atoms with van der Waals surface area (Å²) in [6, 6.07) is 2.40. The molecule has 0 radical (unpaired) electrons. The van der Waals surface area contributed by atoms with Crippen LogP contribution < -0.4 is 10.5 Å². The molecule has 5 heteroatoms. The van der Waals surface area contributed by atoms with Crippen LogP contribution >= 0.6 is 0 Å². The Kier molecular flexibility index (Phi) is 3.93. The summed E-state index contributed by atoms with van der Waals surface area (Å²) in [7, 11) is 0. The van der Waals surface area contributed by atoms with E-state index in [2.05, 4.69) is 11.8 Å². The fourth-order valence-electron chi connectivity index (χ4n) is 2.37. The Morgan fingerprint density at radius 1 is 1.37 bits per heavy atom. The number of hydrogen-bond donors (Lipinski definition) is 1. The molecule has 0 amide bonds. The molecule has 2 heterocycles. The predicted octanol–water partition coefficient (Wildman–Crippen LogP) is 1.73. The second kappa shape index (κ2) is 5.47. The van der Waals surface area contributed by atoms with Gasteiger partial charge in [0.2, 0.25) is 0 Å². The molecule has 1 unspecified atom stereocenters. The minimum Gasteiger partial charge on any atom is -0.480 e. The zero-order valence-corrected chi connectivity index (χ0v) is 11.4. The van der Waals surface area contributed by atoms with Crippen LogP contribution in [0.3, 0.4) is 0 Å². The van der Waals surface area contributed by atoms with E-state index < -0.39 is 12.0 Å². The Bertz CT molecular complexity index is 516. The van der Waals surface area contributed by atoms with E-state index in [0.717, 1.165) is 37.5 Å². The first-order valence-corrected chi connectivity index (χ1v) is 6.69. The van der Waals surface area contributed by atoms with Crippen molar-refractivity contribution in [1.29, 1.82) is 0 Å². The Balaban J connectivity index is 2.26. The molecule has 0 aliphatic carbocycles. The fourth-order valence-corrected chi connectivity index (χ4v) is 2.37. The second-order valence-electron chi connectivity index (χ2n) is 5.32. The number of rotatable bonds is 3. The normalized spacial score (nSPS) is 18.3. The van der Waals surface area contributed by atoms with Crippen LogP contribution in [0.25, 0.3) is 0 Å². The SMILES string of the molecule is CC1CCN(c2ccc(=O)n(C(C)C(=O)O)c2)CC1. The monoisotopic (exact) mass is 264 g/mol. The quantitative estimate of drug-likeness (QED) is 0.903. The zero-order chi connectivity index (χ0) is 14.0. The van der Waals surface area contributed by atoms with Gasteiger partial charge in [0, 0.05) is 25.4 Å². The van der Waals surface area contributed by atoms with Gasteiger partial charge >= 0.3 is 5.97 Å². The van der Waals surface area contributed by atoms with Gasteiger partial charge in [0.05, 0.1) is 5.69 Å². The Morgan fingerprint density at radius 3 is 2.58 bits per heavy atom. The lowest BCUT2D eigenvalue weighted by Gasteiger charge is -2.32. The average Bonchev–Trinajstić information content (AvgIpc) is 2.39. The number of nitrogens with zero attached hydrogens (tertiary/aromatic N) is 2. The molecule has 1 N–H and O–H groups in total. The van der Waals surface area contributed by atoms with E-state index in [1.807, 2.05) is 0 Å². The Labute approximate surface area is 112 Å². The van der Waals surface area contributed by atoms with Crippen molar-refractivity contribution in [1.82, 2.24) is 4.57 Å². The Hall–Kier alpha value is -1.78. The van der Waals surface area contributed by atoms with Gasteiger partial charge in [0.15, 0.2) is 0 Å². The van der Waals surface area contributed by atoms with Crippen molar-refractivity contribution in [2.24, 2.45) is 5.92 Å². The molecule has 0 aromatic carbocycles. The molecule has 1 fully saturated rings. The number of carboxylic acid groups (broad SMARTS) is 1. The van der Waals surface area contributed by atoms with Crippen LogP contribution in [-0.2, 0) is 4.79 Å². The van der Waals surface area contributed by atoms with Crippen LogP contribution in [-0.4, -0.2) is 28.7 Å². The number of anilines is 1. The van der Waals surface area contributed by atoms with E-state index in [9.17, 15) is 9.59 Å². The van der Waals surface area contributed by atoms with Gasteiger partial charge in [0.1, 0.15) is 6.04 Å². The molecule has 19 heavy (non-hydrogen) atoms. The second-order valence-corrected chi connectivity index (χ2v) is 5.32. The van der Waals surface area contributed by atoms with Crippen LogP contribution in [0.5, 0.6) is 0 Å². The molecular weight excluding hydrogens is 244 g/mol. The lowest BCUT2D eigenvalue weighted by Crippen LogP contribution is -2.34. The number of pyridine rings is 1. The van der Waals surface area contributed by atoms with Gasteiger partial charge < -0.3 is 10.0 Å². The van der Waals surface area contributed by atoms with Gasteiger partial charge in [-0.05, 0) is 31.7 Å². The van der Waals surface area contributed by atoms with E-state index in [0.29, 0.717) is 0 Å². The lowest BCUT2D eigenvalue weighted by atomic mass is 9.99. The lowest BCUT2D eigenvalue weighted by molar-refractivity contribution is -0.140. The summed E-state index contributed by atoms with van der Waals surface area (Å²) in [6.07, 6.45) is 3.93. The summed E-state index contributed by atoms with van der Waals surface area (Å²) in [5, 5.41) is 9.02. The highest BCUT2D eigenvalue weighted by atomic mass is 16.4. The molecule has 1 aromatic rings. The smallest absolute Gasteiger partial charge is 0.326 e. The third kappa shape index (κ3) is 2.97. The molecule has 1 aromatic heterocycles. The first kappa shape index (κ1) is 13.6. The summed E-state index contributed by atoms with van der Waals surface area (Å²) < 4.78 is 1.29. The topological polar surface area (TPSA) is 62.5 Å². The first-order valence-electron chi connectivity index (χ1n) is 6.69. The summed E-state index contributed by atoms with van der Waals surface area (Å²) in [6.45, 7) is 5.68. The maximum absolute atomic E-state index is 11.7. The summed E-state index contributed by atoms with van der Waals surface area (Å²) in [5.41, 5.74) is 0.656. The van der Waals surface area contributed by atoms with Crippen molar-refractivity contribution in [3.63, 3.8) is 0 Å². The van der Waals surface area contributed by atoms with E-state index in [-0.39, 0.29) is 5.56 Å². The number of carboxylic acids is 1. The minimum atomic E-state index is -0.994. The summed E-state index contributed by atoms with van der Waals surface area (Å²) in [5.74, 6) is -0.258. The molecule has 1 saturated heterocycles. The van der Waals surface area contributed by atoms with Gasteiger partial charge in [-0.3, -0.25) is 9.36 Å². The van der Waals surface area contributed by atoms with Crippen LogP contribution in [0, 0.1) is 5.92 Å². The van der Waals surface area contributed by atoms with Crippen LogP contribution in [0.15, 0.2) is 23.1 Å². The molecule has 2 rings (SSSR count). The average molecular weight is 264 g/mol. The molecule has 1 aliphatic heterocycles. The highest BCUT2D eigenvalue weighted by Gasteiger charge is 2.19. The van der Waals surface area contributed by atoms with Gasteiger partial charge in [-0.1, -0.05) is 6.92 Å². The molecule has 0 spiro atoms. The number of piperidine rings is 1. The van der Waals surface area contributed by atoms with Gasteiger partial charge in [0.25, 0.3) is 5.56 Å². The molecule has 5 nitrogen and oxygen atoms in total. The van der Waals surface area contributed by atoms with Crippen molar-refractivity contribution in [2.45, 2.75) is 32.7 Å². The number of aromatic nitrogens is 1. The highest BCUT2D eigenvalue weighted by Crippen LogP contribution is 2.22. The number of aliphatic carboxylic acids is 1. The van der Waals surface area contributed by atoms with Crippen LogP contribution in [0.2, 0.25) is 0 Å². The molecule has 0 saturated carbocycles. The van der Waals surface area contributed by atoms with E-state index in [1.165, 1.54) is 17.6 Å². The van der Waals surface area contributed by atoms with Crippen LogP contribution in [0.4, 0.5) is 5.69 Å². The highest BCUT2D eigenvalue weighted by molar-refractivity contribution is 5.71. The molecule has 1 atom stereocenters. The third-order valence-electron chi connectivity index (χ3n) is 3.85. The van der Waals surface area contributed by atoms with Gasteiger partial charge in [-0.2, -0.15) is 0 Å². The van der Waals surface area contributed by atoms with E-state index in [1.54, 1.807) is 12.3 Å². The van der Waals surface area contributed by atoms with E-state index >= 15 is 0 Å². The predicted molar refractivity (Wildman–Crippen MR) is 73.7 cm³/mol. The molecule has 0 bridgehead atoms. The number of hydrogen-bond acceptors (Lipinski definition) is 3. The van der Waals surface area contributed by atoms with E-state index in [4.69, 9.17) is 5.11 Å².